The Kier molecular flexibility index (Phi) is 48.0. The maximum Gasteiger partial charge on any atom is 0.0332 e. The van der Waals surface area contributed by atoms with E-state index in [1.165, 1.54) is 24.0 Å². The highest BCUT2D eigenvalue weighted by atomic mass is 35.5. The molecule has 1 aliphatic heterocycles. The number of rotatable bonds is 9. The summed E-state index contributed by atoms with van der Waals surface area (Å²) in [7, 11) is 0. The highest BCUT2D eigenvalue weighted by Crippen LogP contribution is 2.18. The summed E-state index contributed by atoms with van der Waals surface area (Å²) in [6.07, 6.45) is 4.31. The lowest BCUT2D eigenvalue weighted by Crippen LogP contribution is -2.36. The van der Waals surface area contributed by atoms with E-state index < -0.39 is 0 Å². The molecule has 1 aromatic rings. The Morgan fingerprint density at radius 2 is 1.27 bits per heavy atom. The zero-order valence-corrected chi connectivity index (χ0v) is 27.4. The first-order chi connectivity index (χ1) is 14.8. The summed E-state index contributed by atoms with van der Waals surface area (Å²) < 4.78 is 0. The van der Waals surface area contributed by atoms with Crippen LogP contribution in [0.4, 0.5) is 0 Å². The number of nitrogens with zero attached hydrogens (tertiary/aromatic N) is 1. The van der Waals surface area contributed by atoms with Crippen molar-refractivity contribution in [1.82, 2.24) is 26.2 Å². The molecule has 14 heteroatoms. The molecule has 0 amide bonds. The maximum atomic E-state index is 5.83. The van der Waals surface area contributed by atoms with Gasteiger partial charge in [-0.1, -0.05) is 24.3 Å². The highest BCUT2D eigenvalue weighted by Gasteiger charge is 2.11. The molecule has 1 fully saturated rings. The Morgan fingerprint density at radius 3 is 1.84 bits per heavy atom. The predicted octanol–water partition coefficient (Wildman–Crippen LogP) is 3.33. The van der Waals surface area contributed by atoms with Crippen LogP contribution in [0.1, 0.15) is 42.9 Å². The van der Waals surface area contributed by atoms with Gasteiger partial charge >= 0.3 is 0 Å². The van der Waals surface area contributed by atoms with Gasteiger partial charge in [0.05, 0.1) is 0 Å². The second kappa shape index (κ2) is 35.0. The number of hydrogen-bond donors (Lipinski definition) is 6. The molecule has 0 aromatic heterocycles. The topological polar surface area (TPSA) is 103 Å². The fraction of sp³-hybridized carbons (Fsp3) is 0.739. The first-order valence-corrected chi connectivity index (χ1v) is 11.9. The molecule has 37 heavy (non-hydrogen) atoms. The first kappa shape index (κ1) is 50.8. The summed E-state index contributed by atoms with van der Waals surface area (Å²) in [4.78, 5) is 2.57. The van der Waals surface area contributed by atoms with Crippen molar-refractivity contribution in [1.29, 1.82) is 0 Å². The third-order valence-corrected chi connectivity index (χ3v) is 5.63. The van der Waals surface area contributed by atoms with Crippen LogP contribution in [-0.2, 0) is 6.54 Å². The lowest BCUT2D eigenvalue weighted by molar-refractivity contribution is 0.260. The average molecular weight is 675 g/mol. The minimum Gasteiger partial charge on any atom is -0.330 e. The Labute approximate surface area is 268 Å². The fourth-order valence-electron chi connectivity index (χ4n) is 3.87. The lowest BCUT2D eigenvalue weighted by atomic mass is 10.0. The van der Waals surface area contributed by atoms with Crippen molar-refractivity contribution in [3.05, 3.63) is 35.4 Å². The fourth-order valence-corrected chi connectivity index (χ4v) is 3.87. The Balaban J connectivity index is -0.000000343. The average Bonchev–Trinajstić information content (AvgIpc) is 2.76. The molecule has 0 radical (unpaired) electrons. The summed E-state index contributed by atoms with van der Waals surface area (Å²) in [5, 5.41) is 14.2. The molecular weight excluding hydrogens is 622 g/mol. The van der Waals surface area contributed by atoms with E-state index in [9.17, 15) is 0 Å². The van der Waals surface area contributed by atoms with Gasteiger partial charge in [0.2, 0.25) is 0 Å². The second-order valence-electron chi connectivity index (χ2n) is 8.20. The van der Waals surface area contributed by atoms with E-state index in [1.54, 1.807) is 0 Å². The van der Waals surface area contributed by atoms with Crippen molar-refractivity contribution >= 4 is 86.8 Å². The van der Waals surface area contributed by atoms with Crippen LogP contribution in [0.2, 0.25) is 0 Å². The number of benzene rings is 1. The van der Waals surface area contributed by atoms with Gasteiger partial charge in [-0.15, -0.1) is 86.8 Å². The van der Waals surface area contributed by atoms with Gasteiger partial charge in [-0.25, -0.2) is 0 Å². The van der Waals surface area contributed by atoms with E-state index in [0.717, 1.165) is 84.8 Å². The van der Waals surface area contributed by atoms with Crippen LogP contribution < -0.4 is 32.7 Å². The predicted molar refractivity (Wildman–Crippen MR) is 178 cm³/mol. The van der Waals surface area contributed by atoms with Gasteiger partial charge in [-0.05, 0) is 82.6 Å². The molecule has 1 saturated heterocycles. The summed E-state index contributed by atoms with van der Waals surface area (Å²) in [6, 6.07) is 9.41. The van der Waals surface area contributed by atoms with E-state index in [4.69, 9.17) is 11.5 Å². The molecule has 228 valence electrons. The summed E-state index contributed by atoms with van der Waals surface area (Å²) >= 11 is 0. The molecule has 0 spiro atoms. The Bertz CT molecular complexity index is 535. The van der Waals surface area contributed by atoms with Gasteiger partial charge < -0.3 is 32.7 Å². The third kappa shape index (κ3) is 24.5. The van der Waals surface area contributed by atoms with Crippen LogP contribution >= 0.6 is 86.8 Å². The minimum atomic E-state index is 0. The summed E-state index contributed by atoms with van der Waals surface area (Å²) in [6.45, 7) is 12.0. The van der Waals surface area contributed by atoms with Crippen LogP contribution in [0.3, 0.4) is 0 Å². The van der Waals surface area contributed by atoms with Gasteiger partial charge in [0.15, 0.2) is 0 Å². The molecular formula is C23H52Cl7N7. The second-order valence-corrected chi connectivity index (χ2v) is 8.20. The zero-order chi connectivity index (χ0) is 21.3. The van der Waals surface area contributed by atoms with E-state index in [0.29, 0.717) is 12.6 Å². The molecule has 7 nitrogen and oxygen atoms in total. The molecule has 0 bridgehead atoms. The van der Waals surface area contributed by atoms with Crippen molar-refractivity contribution in [3.63, 3.8) is 0 Å². The van der Waals surface area contributed by atoms with E-state index >= 15 is 0 Å². The van der Waals surface area contributed by atoms with Crippen LogP contribution in [0, 0.1) is 0 Å². The Morgan fingerprint density at radius 1 is 0.703 bits per heavy atom. The number of halogens is 7. The zero-order valence-electron chi connectivity index (χ0n) is 21.7. The summed E-state index contributed by atoms with van der Waals surface area (Å²) in [5.74, 6) is 0. The quantitative estimate of drug-likeness (QED) is 0.224. The minimum absolute atomic E-state index is 0. The normalized spacial score (nSPS) is 15.6. The Hall–Kier alpha value is 0.970. The maximum absolute atomic E-state index is 5.83. The molecule has 1 aromatic carbocycles. The molecule has 1 atom stereocenters. The van der Waals surface area contributed by atoms with Crippen molar-refractivity contribution in [2.45, 2.75) is 38.3 Å². The van der Waals surface area contributed by atoms with Crippen LogP contribution in [0.25, 0.3) is 0 Å². The molecule has 2 rings (SSSR count). The third-order valence-electron chi connectivity index (χ3n) is 5.63. The molecule has 1 unspecified atom stereocenters. The van der Waals surface area contributed by atoms with Gasteiger partial charge in [0.25, 0.3) is 0 Å². The van der Waals surface area contributed by atoms with Crippen LogP contribution in [0.5, 0.6) is 0 Å². The van der Waals surface area contributed by atoms with Gasteiger partial charge in [-0.3, -0.25) is 4.90 Å². The SMILES string of the molecule is Cl.Cl.Cl.Cl.Cl.Cl.Cl.NCCCNC(CCN)c1ccc(CN2CCCNCCNCCCNCC2)cc1. The van der Waals surface area contributed by atoms with Crippen LogP contribution in [-0.4, -0.2) is 76.9 Å². The molecule has 1 aliphatic rings. The van der Waals surface area contributed by atoms with Gasteiger partial charge in [0.1, 0.15) is 0 Å². The molecule has 8 N–H and O–H groups in total. The molecule has 1 heterocycles. The molecule has 0 saturated carbocycles. The number of nitrogens with two attached hydrogens (primary N) is 2. The standard InChI is InChI=1S/C23H45N7.7ClH/c24-9-1-14-29-23(8-10-25)22-6-4-21(5-7-22)20-30-18-3-13-27-16-15-26-11-2-12-28-17-19-30;;;;;;;/h4-7,23,26-29H,1-3,8-20,24-25H2;7*1H. The van der Waals surface area contributed by atoms with E-state index in [1.807, 2.05) is 0 Å². The first-order valence-electron chi connectivity index (χ1n) is 11.9. The van der Waals surface area contributed by atoms with Crippen molar-refractivity contribution < 1.29 is 0 Å². The smallest absolute Gasteiger partial charge is 0.0332 e. The largest absolute Gasteiger partial charge is 0.330 e. The lowest BCUT2D eigenvalue weighted by Gasteiger charge is -2.24. The van der Waals surface area contributed by atoms with Crippen molar-refractivity contribution in [2.75, 3.05) is 72.0 Å². The van der Waals surface area contributed by atoms with E-state index in [-0.39, 0.29) is 86.8 Å². The van der Waals surface area contributed by atoms with E-state index in [2.05, 4.69) is 50.4 Å². The highest BCUT2D eigenvalue weighted by molar-refractivity contribution is 5.86. The number of hydrogen-bond acceptors (Lipinski definition) is 7. The van der Waals surface area contributed by atoms with Gasteiger partial charge in [-0.2, -0.15) is 0 Å². The van der Waals surface area contributed by atoms with Crippen molar-refractivity contribution in [3.8, 4) is 0 Å². The molecule has 0 aliphatic carbocycles. The van der Waals surface area contributed by atoms with Crippen LogP contribution in [0.15, 0.2) is 24.3 Å². The number of nitrogens with one attached hydrogen (secondary N) is 4. The van der Waals surface area contributed by atoms with Gasteiger partial charge in [0, 0.05) is 38.8 Å². The van der Waals surface area contributed by atoms with Crippen molar-refractivity contribution in [2.24, 2.45) is 11.5 Å². The summed E-state index contributed by atoms with van der Waals surface area (Å²) in [5.41, 5.74) is 14.2. The monoisotopic (exact) mass is 671 g/mol.